The number of nitrogens with one attached hydrogen (secondary N) is 1. The number of carbonyl (C=O) groups is 1. The number of nitriles is 1. The summed E-state index contributed by atoms with van der Waals surface area (Å²) in [7, 11) is 0. The summed E-state index contributed by atoms with van der Waals surface area (Å²) >= 11 is 0. The number of halogens is 1. The minimum atomic E-state index is -2.11. The van der Waals surface area contributed by atoms with Crippen molar-refractivity contribution in [3.05, 3.63) is 60.2 Å². The first-order valence-corrected chi connectivity index (χ1v) is 6.85. The minimum Gasteiger partial charge on any atom is -0.350 e. The van der Waals surface area contributed by atoms with Gasteiger partial charge in [0.1, 0.15) is 6.07 Å². The van der Waals surface area contributed by atoms with Crippen LogP contribution in [-0.4, -0.2) is 11.6 Å². The van der Waals surface area contributed by atoms with Crippen LogP contribution in [0.15, 0.2) is 54.6 Å². The summed E-state index contributed by atoms with van der Waals surface area (Å²) in [4.78, 5) is 12.1. The van der Waals surface area contributed by atoms with Crippen molar-refractivity contribution in [1.82, 2.24) is 5.32 Å². The Kier molecular flexibility index (Phi) is 4.54. The molecule has 3 unspecified atom stereocenters. The van der Waals surface area contributed by atoms with Crippen LogP contribution < -0.4 is 5.32 Å². The molecule has 0 aromatic heterocycles. The van der Waals surface area contributed by atoms with Gasteiger partial charge in [-0.05, 0) is 18.6 Å². The molecule has 1 aliphatic rings. The van der Waals surface area contributed by atoms with E-state index in [9.17, 15) is 9.18 Å². The molecule has 1 aromatic carbocycles. The van der Waals surface area contributed by atoms with E-state index in [0.717, 1.165) is 5.56 Å². The summed E-state index contributed by atoms with van der Waals surface area (Å²) in [5.41, 5.74) is -1.13. The molecule has 4 heteroatoms. The summed E-state index contributed by atoms with van der Waals surface area (Å²) in [6, 6.07) is 11.0. The van der Waals surface area contributed by atoms with Gasteiger partial charge in [-0.1, -0.05) is 48.6 Å². The number of hydrogen-bond donors (Lipinski definition) is 1. The van der Waals surface area contributed by atoms with Gasteiger partial charge < -0.3 is 5.32 Å². The van der Waals surface area contributed by atoms with E-state index in [1.54, 1.807) is 18.2 Å². The molecule has 0 fully saturated rings. The second-order valence-electron chi connectivity index (χ2n) is 5.13. The Morgan fingerprint density at radius 1 is 1.43 bits per heavy atom. The molecule has 0 radical (unpaired) electrons. The highest BCUT2D eigenvalue weighted by atomic mass is 19.1. The molecule has 0 aliphatic heterocycles. The van der Waals surface area contributed by atoms with Crippen molar-refractivity contribution in [1.29, 1.82) is 5.26 Å². The molecule has 0 heterocycles. The largest absolute Gasteiger partial charge is 0.350 e. The predicted octanol–water partition coefficient (Wildman–Crippen LogP) is 3.23. The fourth-order valence-corrected chi connectivity index (χ4v) is 2.32. The molecule has 1 amide bonds. The van der Waals surface area contributed by atoms with Gasteiger partial charge in [0.25, 0.3) is 0 Å². The third-order valence-corrected chi connectivity index (χ3v) is 3.59. The molecule has 1 aromatic rings. The highest BCUT2D eigenvalue weighted by Crippen LogP contribution is 2.30. The Morgan fingerprint density at radius 3 is 2.81 bits per heavy atom. The van der Waals surface area contributed by atoms with Gasteiger partial charge in [-0.2, -0.15) is 5.26 Å². The third kappa shape index (κ3) is 3.57. The topological polar surface area (TPSA) is 52.9 Å². The Balaban J connectivity index is 1.98. The quantitative estimate of drug-likeness (QED) is 0.923. The first-order valence-electron chi connectivity index (χ1n) is 6.85. The van der Waals surface area contributed by atoms with Crippen LogP contribution in [0.3, 0.4) is 0 Å². The van der Waals surface area contributed by atoms with Crippen LogP contribution in [-0.2, 0) is 4.79 Å². The van der Waals surface area contributed by atoms with Crippen molar-refractivity contribution >= 4 is 5.91 Å². The lowest BCUT2D eigenvalue weighted by Gasteiger charge is -2.25. The smallest absolute Gasteiger partial charge is 0.221 e. The molecule has 1 aliphatic carbocycles. The van der Waals surface area contributed by atoms with Gasteiger partial charge in [0.05, 0.1) is 6.04 Å². The summed E-state index contributed by atoms with van der Waals surface area (Å²) in [6.45, 7) is 1.87. The number of nitrogens with zero attached hydrogens (tertiary/aromatic N) is 1. The predicted molar refractivity (Wildman–Crippen MR) is 78.8 cm³/mol. The maximum atomic E-state index is 14.3. The Morgan fingerprint density at radius 2 is 2.14 bits per heavy atom. The number of allylic oxidation sites excluding steroid dienone is 4. The second-order valence-corrected chi connectivity index (χ2v) is 5.13. The van der Waals surface area contributed by atoms with Gasteiger partial charge in [0.2, 0.25) is 11.6 Å². The first-order chi connectivity index (χ1) is 10.0. The van der Waals surface area contributed by atoms with E-state index in [4.69, 9.17) is 5.26 Å². The first kappa shape index (κ1) is 15.0. The number of benzene rings is 1. The standard InChI is InChI=1S/C17H17FN2O/c1-13(14-7-3-2-4-8-14)20-16(21)11-15-9-5-6-10-17(15,18)12-19/h2-10,13,15H,11H2,1H3,(H,20,21). The minimum absolute atomic E-state index is 0.0535. The van der Waals surface area contributed by atoms with E-state index in [0.29, 0.717) is 0 Å². The zero-order chi connectivity index (χ0) is 15.3. The zero-order valence-corrected chi connectivity index (χ0v) is 11.8. The normalized spacial score (nSPS) is 25.1. The fourth-order valence-electron chi connectivity index (χ4n) is 2.32. The molecule has 3 atom stereocenters. The van der Waals surface area contributed by atoms with Gasteiger partial charge in [0, 0.05) is 12.3 Å². The molecule has 0 spiro atoms. The molecule has 3 nitrogen and oxygen atoms in total. The highest BCUT2D eigenvalue weighted by Gasteiger charge is 2.37. The average Bonchev–Trinajstić information content (AvgIpc) is 2.50. The fraction of sp³-hybridized carbons (Fsp3) is 0.294. The van der Waals surface area contributed by atoms with Crippen molar-refractivity contribution in [3.63, 3.8) is 0 Å². The van der Waals surface area contributed by atoms with Crippen molar-refractivity contribution in [3.8, 4) is 6.07 Å². The molecule has 1 N–H and O–H groups in total. The summed E-state index contributed by atoms with van der Waals surface area (Å²) < 4.78 is 14.3. The average molecular weight is 284 g/mol. The Bertz CT molecular complexity index is 603. The van der Waals surface area contributed by atoms with Crippen LogP contribution in [0.5, 0.6) is 0 Å². The lowest BCUT2D eigenvalue weighted by Crippen LogP contribution is -2.35. The molecular weight excluding hydrogens is 267 g/mol. The lowest BCUT2D eigenvalue weighted by molar-refractivity contribution is -0.122. The maximum Gasteiger partial charge on any atom is 0.221 e. The van der Waals surface area contributed by atoms with Crippen LogP contribution in [0.25, 0.3) is 0 Å². The van der Waals surface area contributed by atoms with Crippen molar-refractivity contribution in [2.45, 2.75) is 25.1 Å². The van der Waals surface area contributed by atoms with Crippen LogP contribution in [0, 0.1) is 17.2 Å². The highest BCUT2D eigenvalue weighted by molar-refractivity contribution is 5.77. The summed E-state index contributed by atoms with van der Waals surface area (Å²) in [5.74, 6) is -1.02. The van der Waals surface area contributed by atoms with Gasteiger partial charge in [0.15, 0.2) is 0 Å². The molecule has 2 rings (SSSR count). The summed E-state index contributed by atoms with van der Waals surface area (Å²) in [5, 5.41) is 11.8. The number of alkyl halides is 1. The molecule has 108 valence electrons. The second kappa shape index (κ2) is 6.36. The monoisotopic (exact) mass is 284 g/mol. The van der Waals surface area contributed by atoms with Crippen molar-refractivity contribution in [2.75, 3.05) is 0 Å². The van der Waals surface area contributed by atoms with Crippen LogP contribution >= 0.6 is 0 Å². The molecule has 0 saturated carbocycles. The van der Waals surface area contributed by atoms with Crippen LogP contribution in [0.2, 0.25) is 0 Å². The van der Waals surface area contributed by atoms with E-state index in [1.165, 1.54) is 12.2 Å². The van der Waals surface area contributed by atoms with Gasteiger partial charge in [-0.15, -0.1) is 0 Å². The zero-order valence-electron chi connectivity index (χ0n) is 11.8. The van der Waals surface area contributed by atoms with Gasteiger partial charge in [-0.3, -0.25) is 4.79 Å². The van der Waals surface area contributed by atoms with Gasteiger partial charge in [-0.25, -0.2) is 4.39 Å². The SMILES string of the molecule is CC(NC(=O)CC1C=CC=CC1(F)C#N)c1ccccc1. The summed E-state index contributed by atoms with van der Waals surface area (Å²) in [6.07, 6.45) is 5.86. The Labute approximate surface area is 123 Å². The molecule has 0 bridgehead atoms. The van der Waals surface area contributed by atoms with E-state index >= 15 is 0 Å². The van der Waals surface area contributed by atoms with Crippen LogP contribution in [0.4, 0.5) is 4.39 Å². The number of hydrogen-bond acceptors (Lipinski definition) is 2. The lowest BCUT2D eigenvalue weighted by atomic mass is 9.84. The number of carbonyl (C=O) groups excluding carboxylic acids is 1. The number of rotatable bonds is 4. The molecular formula is C17H17FN2O. The van der Waals surface area contributed by atoms with Crippen molar-refractivity contribution < 1.29 is 9.18 Å². The van der Waals surface area contributed by atoms with E-state index in [1.807, 2.05) is 37.3 Å². The Hall–Kier alpha value is -2.41. The van der Waals surface area contributed by atoms with Gasteiger partial charge >= 0.3 is 0 Å². The van der Waals surface area contributed by atoms with E-state index in [-0.39, 0.29) is 18.4 Å². The third-order valence-electron chi connectivity index (χ3n) is 3.59. The van der Waals surface area contributed by atoms with E-state index < -0.39 is 11.6 Å². The van der Waals surface area contributed by atoms with Crippen LogP contribution in [0.1, 0.15) is 24.9 Å². The molecule has 0 saturated heterocycles. The van der Waals surface area contributed by atoms with E-state index in [2.05, 4.69) is 5.32 Å². The van der Waals surface area contributed by atoms with Crippen molar-refractivity contribution in [2.24, 2.45) is 5.92 Å². The maximum absolute atomic E-state index is 14.3. The molecule has 21 heavy (non-hydrogen) atoms. The number of amides is 1.